The van der Waals surface area contributed by atoms with Gasteiger partial charge in [0.05, 0.1) is 30.6 Å². The van der Waals surface area contributed by atoms with Gasteiger partial charge in [-0.1, -0.05) is 6.57 Å². The van der Waals surface area contributed by atoms with E-state index in [2.05, 4.69) is 32.6 Å². The van der Waals surface area contributed by atoms with Crippen LogP contribution in [0.5, 0.6) is 0 Å². The number of amidine groups is 1. The van der Waals surface area contributed by atoms with Crippen molar-refractivity contribution >= 4 is 50.2 Å². The molecule has 0 aliphatic carbocycles. The van der Waals surface area contributed by atoms with Crippen LogP contribution in [-0.2, 0) is 17.7 Å². The van der Waals surface area contributed by atoms with Crippen LogP contribution in [0.2, 0.25) is 0 Å². The zero-order valence-corrected chi connectivity index (χ0v) is 21.9. The van der Waals surface area contributed by atoms with Crippen molar-refractivity contribution in [2.45, 2.75) is 51.3 Å². The van der Waals surface area contributed by atoms with Gasteiger partial charge in [-0.15, -0.1) is 4.98 Å². The van der Waals surface area contributed by atoms with E-state index in [1.54, 1.807) is 0 Å². The van der Waals surface area contributed by atoms with Gasteiger partial charge in [0.2, 0.25) is 5.69 Å². The lowest BCUT2D eigenvalue weighted by atomic mass is 9.73. The number of aromatic nitrogens is 3. The van der Waals surface area contributed by atoms with Gasteiger partial charge >= 0.3 is 5.82 Å². The molecule has 2 saturated heterocycles. The maximum atomic E-state index is 7.80. The van der Waals surface area contributed by atoms with Gasteiger partial charge in [0.1, 0.15) is 5.69 Å². The van der Waals surface area contributed by atoms with Gasteiger partial charge in [0.15, 0.2) is 11.7 Å². The molecule has 0 bridgehead atoms. The highest BCUT2D eigenvalue weighted by molar-refractivity contribution is 7.59. The molecule has 186 valence electrons. The fourth-order valence-corrected chi connectivity index (χ4v) is 5.72. The molecule has 0 radical (unpaired) electrons. The van der Waals surface area contributed by atoms with E-state index in [0.717, 1.165) is 80.5 Å². The van der Waals surface area contributed by atoms with Gasteiger partial charge in [0.25, 0.3) is 0 Å². The molecule has 6 heterocycles. The Balaban J connectivity index is 0.00000144. The summed E-state index contributed by atoms with van der Waals surface area (Å²) < 4.78 is 5.85. The van der Waals surface area contributed by atoms with Crippen LogP contribution >= 0.6 is 27.0 Å². The van der Waals surface area contributed by atoms with Gasteiger partial charge in [-0.2, -0.15) is 27.0 Å². The number of hydrogen-bond acceptors (Lipinski definition) is 8. The predicted molar refractivity (Wildman–Crippen MR) is 146 cm³/mol. The Labute approximate surface area is 219 Å². The lowest BCUT2D eigenvalue weighted by Gasteiger charge is -2.41. The van der Waals surface area contributed by atoms with E-state index in [9.17, 15) is 0 Å². The van der Waals surface area contributed by atoms with Crippen LogP contribution in [0, 0.1) is 12.0 Å². The Morgan fingerprint density at radius 3 is 2.69 bits per heavy atom. The van der Waals surface area contributed by atoms with Crippen molar-refractivity contribution in [1.29, 1.82) is 0 Å². The zero-order chi connectivity index (χ0) is 22.6. The average molecular weight is 513 g/mol. The molecule has 2 aromatic rings. The zero-order valence-electron chi connectivity index (χ0n) is 19.9. The molecule has 0 amide bonds. The molecular weight excluding hydrogens is 480 g/mol. The third-order valence-corrected chi connectivity index (χ3v) is 7.74. The highest BCUT2D eigenvalue weighted by Gasteiger charge is 2.48. The van der Waals surface area contributed by atoms with Crippen molar-refractivity contribution in [2.75, 3.05) is 36.0 Å². The molecule has 35 heavy (non-hydrogen) atoms. The fourth-order valence-electron chi connectivity index (χ4n) is 5.72. The van der Waals surface area contributed by atoms with Gasteiger partial charge < -0.3 is 25.1 Å². The van der Waals surface area contributed by atoms with Gasteiger partial charge in [-0.25, -0.2) is 4.98 Å². The van der Waals surface area contributed by atoms with Crippen LogP contribution in [-0.4, -0.2) is 59.2 Å². The number of ether oxygens (including phenoxy) is 1. The summed E-state index contributed by atoms with van der Waals surface area (Å²) in [5, 5.41) is 0. The predicted octanol–water partition coefficient (Wildman–Crippen LogP) is 2.69. The fraction of sp³-hybridized carbons (Fsp3) is 0.542. The van der Waals surface area contributed by atoms with Gasteiger partial charge in [0, 0.05) is 37.3 Å². The van der Waals surface area contributed by atoms with Crippen LogP contribution in [0.1, 0.15) is 43.3 Å². The molecule has 4 aliphatic rings. The quantitative estimate of drug-likeness (QED) is 0.587. The monoisotopic (exact) mass is 512 g/mol. The first-order valence-electron chi connectivity index (χ1n) is 11.8. The summed E-state index contributed by atoms with van der Waals surface area (Å²) in [7, 11) is 0. The van der Waals surface area contributed by atoms with E-state index in [-0.39, 0.29) is 44.6 Å². The van der Waals surface area contributed by atoms with Crippen molar-refractivity contribution in [3.63, 3.8) is 0 Å². The average Bonchev–Trinajstić information content (AvgIpc) is 3.39. The van der Waals surface area contributed by atoms with E-state index in [4.69, 9.17) is 32.0 Å². The summed E-state index contributed by atoms with van der Waals surface area (Å²) in [6, 6.07) is 4.10. The second-order valence-electron chi connectivity index (χ2n) is 9.53. The highest BCUT2D eigenvalue weighted by atomic mass is 32.1. The third-order valence-electron chi connectivity index (χ3n) is 7.74. The Morgan fingerprint density at radius 1 is 1.17 bits per heavy atom. The normalized spacial score (nSPS) is 24.1. The van der Waals surface area contributed by atoms with Crippen LogP contribution < -0.4 is 15.5 Å². The number of aliphatic imine (C=N–C) groups is 1. The summed E-state index contributed by atoms with van der Waals surface area (Å²) >= 11 is 0. The minimum Gasteiger partial charge on any atom is -0.376 e. The first kappa shape index (κ1) is 25.7. The lowest BCUT2D eigenvalue weighted by Crippen LogP contribution is -2.50. The number of aryl methyl sites for hydroxylation is 1. The summed E-state index contributed by atoms with van der Waals surface area (Å²) in [5.41, 5.74) is 10.3. The van der Waals surface area contributed by atoms with Crippen molar-refractivity contribution in [3.05, 3.63) is 46.8 Å². The van der Waals surface area contributed by atoms with E-state index in [1.165, 1.54) is 0 Å². The Bertz CT molecular complexity index is 1170. The molecule has 2 atom stereocenters. The molecule has 11 heteroatoms. The highest BCUT2D eigenvalue weighted by Crippen LogP contribution is 2.43. The minimum atomic E-state index is 0. The first-order valence-corrected chi connectivity index (χ1v) is 11.8. The van der Waals surface area contributed by atoms with E-state index in [1.807, 2.05) is 12.3 Å². The van der Waals surface area contributed by atoms with E-state index < -0.39 is 0 Å². The third kappa shape index (κ3) is 4.16. The molecule has 0 saturated carbocycles. The Hall–Kier alpha value is -2.39. The van der Waals surface area contributed by atoms with Crippen molar-refractivity contribution in [3.8, 4) is 0 Å². The molecule has 2 fully saturated rings. The Kier molecular flexibility index (Phi) is 7.29. The summed E-state index contributed by atoms with van der Waals surface area (Å²) in [6.45, 7) is 13.5. The SMILES string of the molecule is S.S.[C-]#[N+]c1nc2c(nc1N1CCC3(CC1)CO[C@@H](C)[C@H]3N)CN=C2N1CCCc2ncccc21. The second kappa shape index (κ2) is 9.93. The number of hydrogen-bond donors (Lipinski definition) is 1. The molecule has 0 aromatic carbocycles. The number of pyridine rings is 1. The van der Waals surface area contributed by atoms with E-state index in [0.29, 0.717) is 18.2 Å². The largest absolute Gasteiger partial charge is 0.376 e. The minimum absolute atomic E-state index is 0. The number of anilines is 2. The maximum absolute atomic E-state index is 7.80. The van der Waals surface area contributed by atoms with Crippen LogP contribution in [0.25, 0.3) is 4.85 Å². The topological polar surface area (TPSA) is 97.1 Å². The number of nitrogens with zero attached hydrogens (tertiary/aromatic N) is 7. The van der Waals surface area contributed by atoms with Crippen molar-refractivity contribution in [1.82, 2.24) is 15.0 Å². The number of nitrogens with two attached hydrogens (primary N) is 1. The number of fused-ring (bicyclic) bond motifs is 2. The molecule has 0 unspecified atom stereocenters. The summed E-state index contributed by atoms with van der Waals surface area (Å²) in [4.78, 5) is 27.2. The molecule has 4 aliphatic heterocycles. The summed E-state index contributed by atoms with van der Waals surface area (Å²) in [5.74, 6) is 1.84. The number of piperidine rings is 1. The molecular formula is C24H32N8OS2. The second-order valence-corrected chi connectivity index (χ2v) is 9.53. The van der Waals surface area contributed by atoms with Crippen LogP contribution in [0.3, 0.4) is 0 Å². The standard InChI is InChI=1S/C24H28N8O.2H2S/c1-15-20(25)24(14-33-15)7-11-31(12-8-24)23-21(26-2)30-19-17(29-23)13-28-22(19)32-10-4-5-16-18(32)6-3-9-27-16;;/h3,6,9,15,20H,4-5,7-8,10-14,25H2,1H3;2*1H2/t15-,20+;;/m0../s1. The van der Waals surface area contributed by atoms with Crippen LogP contribution in [0.4, 0.5) is 17.3 Å². The van der Waals surface area contributed by atoms with Crippen molar-refractivity contribution < 1.29 is 4.74 Å². The van der Waals surface area contributed by atoms with Crippen molar-refractivity contribution in [2.24, 2.45) is 16.1 Å². The first-order chi connectivity index (χ1) is 16.1. The molecule has 1 spiro atoms. The molecule has 2 N–H and O–H groups in total. The van der Waals surface area contributed by atoms with Gasteiger partial charge in [-0.05, 0) is 44.7 Å². The molecule has 6 rings (SSSR count). The lowest BCUT2D eigenvalue weighted by molar-refractivity contribution is 0.0974. The Morgan fingerprint density at radius 2 is 1.97 bits per heavy atom. The smallest absolute Gasteiger partial charge is 0.312 e. The number of rotatable bonds is 1. The van der Waals surface area contributed by atoms with Crippen LogP contribution in [0.15, 0.2) is 23.3 Å². The summed E-state index contributed by atoms with van der Waals surface area (Å²) in [6.07, 6.45) is 5.79. The molecule has 9 nitrogen and oxygen atoms in total. The van der Waals surface area contributed by atoms with Gasteiger partial charge in [-0.3, -0.25) is 9.98 Å². The van der Waals surface area contributed by atoms with E-state index >= 15 is 0 Å². The molecule has 2 aromatic heterocycles. The maximum Gasteiger partial charge on any atom is 0.312 e.